The lowest BCUT2D eigenvalue weighted by atomic mass is 10.0. The van der Waals surface area contributed by atoms with Gasteiger partial charge in [-0.25, -0.2) is 0 Å². The first kappa shape index (κ1) is 10.9. The number of benzene rings is 1. The second-order valence-electron chi connectivity index (χ2n) is 3.19. The Kier molecular flexibility index (Phi) is 3.36. The van der Waals surface area contributed by atoms with Crippen molar-refractivity contribution in [1.82, 2.24) is 0 Å². The molecule has 0 aromatic heterocycles. The summed E-state index contributed by atoms with van der Waals surface area (Å²) in [7, 11) is 3.19. The maximum absolute atomic E-state index is 9.49. The summed E-state index contributed by atoms with van der Waals surface area (Å²) in [6.07, 6.45) is -0.491. The van der Waals surface area contributed by atoms with Crippen molar-refractivity contribution in [3.63, 3.8) is 0 Å². The average molecular weight is 196 g/mol. The SMILES string of the molecule is COc1ccc(C(C)O)c(C)c1OC. The van der Waals surface area contributed by atoms with Crippen molar-refractivity contribution in [1.29, 1.82) is 0 Å². The lowest BCUT2D eigenvalue weighted by Gasteiger charge is -2.15. The van der Waals surface area contributed by atoms with Crippen molar-refractivity contribution < 1.29 is 14.6 Å². The molecule has 0 aliphatic carbocycles. The summed E-state index contributed by atoms with van der Waals surface area (Å²) in [5, 5.41) is 9.49. The molecule has 1 aromatic rings. The molecule has 1 aromatic carbocycles. The van der Waals surface area contributed by atoms with Gasteiger partial charge in [0.25, 0.3) is 0 Å². The molecule has 0 radical (unpaired) electrons. The Morgan fingerprint density at radius 3 is 2.29 bits per heavy atom. The molecule has 1 atom stereocenters. The van der Waals surface area contributed by atoms with E-state index in [1.807, 2.05) is 13.0 Å². The van der Waals surface area contributed by atoms with Crippen molar-refractivity contribution in [3.05, 3.63) is 23.3 Å². The van der Waals surface area contributed by atoms with Crippen molar-refractivity contribution in [2.24, 2.45) is 0 Å². The largest absolute Gasteiger partial charge is 0.493 e. The highest BCUT2D eigenvalue weighted by atomic mass is 16.5. The number of rotatable bonds is 3. The van der Waals surface area contributed by atoms with Gasteiger partial charge in [-0.05, 0) is 25.5 Å². The zero-order valence-electron chi connectivity index (χ0n) is 9.00. The molecule has 1 unspecified atom stereocenters. The summed E-state index contributed by atoms with van der Waals surface area (Å²) in [5.41, 5.74) is 1.78. The summed E-state index contributed by atoms with van der Waals surface area (Å²) < 4.78 is 10.4. The molecule has 0 amide bonds. The van der Waals surface area contributed by atoms with E-state index in [2.05, 4.69) is 0 Å². The molecule has 3 nitrogen and oxygen atoms in total. The maximum Gasteiger partial charge on any atom is 0.163 e. The normalized spacial score (nSPS) is 12.4. The quantitative estimate of drug-likeness (QED) is 0.804. The van der Waals surface area contributed by atoms with Crippen molar-refractivity contribution in [2.75, 3.05) is 14.2 Å². The van der Waals surface area contributed by atoms with E-state index >= 15 is 0 Å². The highest BCUT2D eigenvalue weighted by molar-refractivity contribution is 5.50. The van der Waals surface area contributed by atoms with Crippen LogP contribution in [0.2, 0.25) is 0 Å². The van der Waals surface area contributed by atoms with Gasteiger partial charge < -0.3 is 14.6 Å². The Labute approximate surface area is 84.3 Å². The Balaban J connectivity index is 3.27. The van der Waals surface area contributed by atoms with Crippen LogP contribution in [-0.2, 0) is 0 Å². The van der Waals surface area contributed by atoms with Crippen LogP contribution in [0.4, 0.5) is 0 Å². The van der Waals surface area contributed by atoms with E-state index in [9.17, 15) is 5.11 Å². The van der Waals surface area contributed by atoms with Gasteiger partial charge in [-0.3, -0.25) is 0 Å². The van der Waals surface area contributed by atoms with E-state index in [0.29, 0.717) is 11.5 Å². The van der Waals surface area contributed by atoms with Crippen LogP contribution in [0, 0.1) is 6.92 Å². The summed E-state index contributed by atoms with van der Waals surface area (Å²) >= 11 is 0. The molecule has 1 N–H and O–H groups in total. The molecule has 0 aliphatic heterocycles. The van der Waals surface area contributed by atoms with Crippen LogP contribution >= 0.6 is 0 Å². The highest BCUT2D eigenvalue weighted by Gasteiger charge is 2.13. The Morgan fingerprint density at radius 2 is 1.86 bits per heavy atom. The fraction of sp³-hybridized carbons (Fsp3) is 0.455. The van der Waals surface area contributed by atoms with Gasteiger partial charge in [0.1, 0.15) is 0 Å². The van der Waals surface area contributed by atoms with E-state index in [1.54, 1.807) is 27.2 Å². The van der Waals surface area contributed by atoms with E-state index in [1.165, 1.54) is 0 Å². The highest BCUT2D eigenvalue weighted by Crippen LogP contribution is 2.34. The van der Waals surface area contributed by atoms with E-state index in [4.69, 9.17) is 9.47 Å². The number of ether oxygens (including phenoxy) is 2. The molecule has 0 fully saturated rings. The molecule has 0 saturated heterocycles. The molecular formula is C11H16O3. The average Bonchev–Trinajstić information content (AvgIpc) is 2.16. The van der Waals surface area contributed by atoms with Crippen molar-refractivity contribution in [3.8, 4) is 11.5 Å². The van der Waals surface area contributed by atoms with Gasteiger partial charge in [0.05, 0.1) is 20.3 Å². The minimum absolute atomic E-state index is 0.491. The number of hydrogen-bond acceptors (Lipinski definition) is 3. The Morgan fingerprint density at radius 1 is 1.21 bits per heavy atom. The second-order valence-corrected chi connectivity index (χ2v) is 3.19. The summed E-state index contributed by atoms with van der Waals surface area (Å²) in [4.78, 5) is 0. The molecular weight excluding hydrogens is 180 g/mol. The van der Waals surface area contributed by atoms with Crippen molar-refractivity contribution in [2.45, 2.75) is 20.0 Å². The van der Waals surface area contributed by atoms with Crippen LogP contribution < -0.4 is 9.47 Å². The topological polar surface area (TPSA) is 38.7 Å². The van der Waals surface area contributed by atoms with Crippen LogP contribution in [-0.4, -0.2) is 19.3 Å². The second kappa shape index (κ2) is 4.33. The molecule has 14 heavy (non-hydrogen) atoms. The van der Waals surface area contributed by atoms with Crippen LogP contribution in [0.25, 0.3) is 0 Å². The molecule has 0 bridgehead atoms. The first-order chi connectivity index (χ1) is 6.61. The minimum atomic E-state index is -0.491. The molecule has 3 heteroatoms. The first-order valence-corrected chi connectivity index (χ1v) is 4.51. The number of hydrogen-bond donors (Lipinski definition) is 1. The molecule has 0 saturated carbocycles. The van der Waals surface area contributed by atoms with Crippen LogP contribution in [0.15, 0.2) is 12.1 Å². The van der Waals surface area contributed by atoms with Gasteiger partial charge in [-0.2, -0.15) is 0 Å². The first-order valence-electron chi connectivity index (χ1n) is 4.51. The number of methoxy groups -OCH3 is 2. The molecule has 0 spiro atoms. The third-order valence-corrected chi connectivity index (χ3v) is 2.29. The lowest BCUT2D eigenvalue weighted by Crippen LogP contribution is -2.00. The maximum atomic E-state index is 9.49. The lowest BCUT2D eigenvalue weighted by molar-refractivity contribution is 0.197. The molecule has 78 valence electrons. The fourth-order valence-corrected chi connectivity index (χ4v) is 1.55. The zero-order chi connectivity index (χ0) is 10.7. The predicted molar refractivity (Wildman–Crippen MR) is 54.9 cm³/mol. The van der Waals surface area contributed by atoms with Crippen LogP contribution in [0.5, 0.6) is 11.5 Å². The van der Waals surface area contributed by atoms with Gasteiger partial charge in [-0.15, -0.1) is 0 Å². The van der Waals surface area contributed by atoms with E-state index in [0.717, 1.165) is 11.1 Å². The van der Waals surface area contributed by atoms with Crippen molar-refractivity contribution >= 4 is 0 Å². The molecule has 1 rings (SSSR count). The van der Waals surface area contributed by atoms with Gasteiger partial charge in [0, 0.05) is 5.56 Å². The van der Waals surface area contributed by atoms with Crippen LogP contribution in [0.3, 0.4) is 0 Å². The monoisotopic (exact) mass is 196 g/mol. The van der Waals surface area contributed by atoms with Gasteiger partial charge in [-0.1, -0.05) is 6.07 Å². The Bertz CT molecular complexity index is 319. The Hall–Kier alpha value is -1.22. The minimum Gasteiger partial charge on any atom is -0.493 e. The molecule has 0 aliphatic rings. The van der Waals surface area contributed by atoms with Gasteiger partial charge >= 0.3 is 0 Å². The van der Waals surface area contributed by atoms with Gasteiger partial charge in [0.2, 0.25) is 0 Å². The predicted octanol–water partition coefficient (Wildman–Crippen LogP) is 2.07. The van der Waals surface area contributed by atoms with E-state index < -0.39 is 6.10 Å². The zero-order valence-corrected chi connectivity index (χ0v) is 9.00. The fourth-order valence-electron chi connectivity index (χ4n) is 1.55. The van der Waals surface area contributed by atoms with Gasteiger partial charge in [0.15, 0.2) is 11.5 Å². The summed E-state index contributed by atoms with van der Waals surface area (Å²) in [6, 6.07) is 3.65. The third-order valence-electron chi connectivity index (χ3n) is 2.29. The molecule has 0 heterocycles. The smallest absolute Gasteiger partial charge is 0.163 e. The van der Waals surface area contributed by atoms with Crippen LogP contribution in [0.1, 0.15) is 24.2 Å². The number of aliphatic hydroxyl groups excluding tert-OH is 1. The summed E-state index contributed by atoms with van der Waals surface area (Å²) in [6.45, 7) is 3.64. The van der Waals surface area contributed by atoms with E-state index in [-0.39, 0.29) is 0 Å². The standard InChI is InChI=1S/C11H16O3/c1-7-9(8(2)12)5-6-10(13-3)11(7)14-4/h5-6,8,12H,1-4H3. The third kappa shape index (κ3) is 1.82. The number of aliphatic hydroxyl groups is 1. The summed E-state index contributed by atoms with van der Waals surface area (Å²) in [5.74, 6) is 1.38.